The standard InChI is InChI=1S/C15H22N2O3/c1-3-9-15(2,16)14(20)17-10-8-11-6-4-5-7-12(11)13(18)19/h4-7H,3,8-10,16H2,1-2H3,(H,17,20)(H,18,19). The Bertz CT molecular complexity index is 484. The summed E-state index contributed by atoms with van der Waals surface area (Å²) in [5, 5.41) is 11.8. The summed E-state index contributed by atoms with van der Waals surface area (Å²) in [6.45, 7) is 4.05. The molecule has 0 saturated heterocycles. The van der Waals surface area contributed by atoms with Crippen molar-refractivity contribution < 1.29 is 14.7 Å². The highest BCUT2D eigenvalue weighted by atomic mass is 16.4. The van der Waals surface area contributed by atoms with Crippen molar-refractivity contribution in [1.29, 1.82) is 0 Å². The van der Waals surface area contributed by atoms with Gasteiger partial charge in [-0.2, -0.15) is 0 Å². The minimum Gasteiger partial charge on any atom is -0.478 e. The van der Waals surface area contributed by atoms with Gasteiger partial charge in [-0.3, -0.25) is 4.79 Å². The van der Waals surface area contributed by atoms with Crippen LogP contribution in [0.4, 0.5) is 0 Å². The van der Waals surface area contributed by atoms with Crippen LogP contribution in [0.15, 0.2) is 24.3 Å². The van der Waals surface area contributed by atoms with E-state index in [1.807, 2.05) is 6.92 Å². The van der Waals surface area contributed by atoms with Crippen LogP contribution in [0.2, 0.25) is 0 Å². The van der Waals surface area contributed by atoms with Crippen LogP contribution < -0.4 is 11.1 Å². The summed E-state index contributed by atoms with van der Waals surface area (Å²) in [7, 11) is 0. The maximum Gasteiger partial charge on any atom is 0.335 e. The molecule has 4 N–H and O–H groups in total. The first kappa shape index (κ1) is 16.2. The first-order valence-electron chi connectivity index (χ1n) is 6.77. The molecule has 20 heavy (non-hydrogen) atoms. The Hall–Kier alpha value is -1.88. The molecule has 0 heterocycles. The number of nitrogens with one attached hydrogen (secondary N) is 1. The van der Waals surface area contributed by atoms with Crippen molar-refractivity contribution in [3.05, 3.63) is 35.4 Å². The summed E-state index contributed by atoms with van der Waals surface area (Å²) in [5.41, 5.74) is 6.02. The molecule has 1 rings (SSSR count). The lowest BCUT2D eigenvalue weighted by Gasteiger charge is -2.22. The molecule has 1 aromatic carbocycles. The van der Waals surface area contributed by atoms with Crippen LogP contribution in [0.25, 0.3) is 0 Å². The summed E-state index contributed by atoms with van der Waals surface area (Å²) >= 11 is 0. The molecule has 1 amide bonds. The number of carboxylic acids is 1. The van der Waals surface area contributed by atoms with Crippen molar-refractivity contribution in [3.63, 3.8) is 0 Å². The Morgan fingerprint density at radius 1 is 1.35 bits per heavy atom. The lowest BCUT2D eigenvalue weighted by Crippen LogP contribution is -2.51. The zero-order valence-corrected chi connectivity index (χ0v) is 12.0. The van der Waals surface area contributed by atoms with Crippen molar-refractivity contribution in [3.8, 4) is 0 Å². The fraction of sp³-hybridized carbons (Fsp3) is 0.467. The lowest BCUT2D eigenvalue weighted by atomic mass is 9.96. The molecule has 0 fully saturated rings. The SMILES string of the molecule is CCCC(C)(N)C(=O)NCCc1ccccc1C(=O)O. The molecule has 0 spiro atoms. The summed E-state index contributed by atoms with van der Waals surface area (Å²) in [4.78, 5) is 23.0. The third kappa shape index (κ3) is 4.35. The van der Waals surface area contributed by atoms with E-state index >= 15 is 0 Å². The molecule has 1 atom stereocenters. The van der Waals surface area contributed by atoms with Gasteiger partial charge in [-0.25, -0.2) is 4.79 Å². The molecule has 0 bridgehead atoms. The summed E-state index contributed by atoms with van der Waals surface area (Å²) in [5.74, 6) is -1.16. The molecular formula is C15H22N2O3. The minimum absolute atomic E-state index is 0.202. The second-order valence-electron chi connectivity index (χ2n) is 5.14. The number of nitrogens with two attached hydrogens (primary N) is 1. The molecule has 5 nitrogen and oxygen atoms in total. The van der Waals surface area contributed by atoms with E-state index in [-0.39, 0.29) is 11.5 Å². The average Bonchev–Trinajstić information content (AvgIpc) is 2.38. The van der Waals surface area contributed by atoms with Crippen LogP contribution in [-0.4, -0.2) is 29.1 Å². The summed E-state index contributed by atoms with van der Waals surface area (Å²) in [6, 6.07) is 6.78. The van der Waals surface area contributed by atoms with Gasteiger partial charge in [0.1, 0.15) is 0 Å². The van der Waals surface area contributed by atoms with Gasteiger partial charge in [-0.15, -0.1) is 0 Å². The molecule has 1 aromatic rings. The van der Waals surface area contributed by atoms with E-state index in [0.717, 1.165) is 6.42 Å². The highest BCUT2D eigenvalue weighted by molar-refractivity contribution is 5.89. The lowest BCUT2D eigenvalue weighted by molar-refractivity contribution is -0.126. The van der Waals surface area contributed by atoms with Crippen LogP contribution in [0.5, 0.6) is 0 Å². The van der Waals surface area contributed by atoms with Crippen LogP contribution in [0.3, 0.4) is 0 Å². The van der Waals surface area contributed by atoms with Crippen LogP contribution in [0, 0.1) is 0 Å². The fourth-order valence-electron chi connectivity index (χ4n) is 2.09. The van der Waals surface area contributed by atoms with Crippen molar-refractivity contribution >= 4 is 11.9 Å². The van der Waals surface area contributed by atoms with Crippen LogP contribution in [0.1, 0.15) is 42.6 Å². The topological polar surface area (TPSA) is 92.4 Å². The molecule has 110 valence electrons. The Balaban J connectivity index is 2.57. The summed E-state index contributed by atoms with van der Waals surface area (Å²) < 4.78 is 0. The quantitative estimate of drug-likeness (QED) is 0.705. The Morgan fingerprint density at radius 3 is 2.60 bits per heavy atom. The van der Waals surface area contributed by atoms with E-state index in [1.165, 1.54) is 0 Å². The van der Waals surface area contributed by atoms with Gasteiger partial charge in [-0.1, -0.05) is 31.5 Å². The third-order valence-electron chi connectivity index (χ3n) is 3.22. The van der Waals surface area contributed by atoms with Gasteiger partial charge in [-0.05, 0) is 31.4 Å². The van der Waals surface area contributed by atoms with Gasteiger partial charge in [0.15, 0.2) is 0 Å². The van der Waals surface area contributed by atoms with E-state index in [1.54, 1.807) is 31.2 Å². The molecule has 0 radical (unpaired) electrons. The smallest absolute Gasteiger partial charge is 0.335 e. The highest BCUT2D eigenvalue weighted by Gasteiger charge is 2.26. The molecule has 0 aromatic heterocycles. The largest absolute Gasteiger partial charge is 0.478 e. The molecule has 0 saturated carbocycles. The number of aromatic carboxylic acids is 1. The number of carboxylic acid groups (broad SMARTS) is 1. The van der Waals surface area contributed by atoms with Crippen molar-refractivity contribution in [1.82, 2.24) is 5.32 Å². The van der Waals surface area contributed by atoms with Crippen molar-refractivity contribution in [2.45, 2.75) is 38.6 Å². The number of amides is 1. The van der Waals surface area contributed by atoms with E-state index < -0.39 is 11.5 Å². The van der Waals surface area contributed by atoms with Gasteiger partial charge in [0.25, 0.3) is 0 Å². The predicted molar refractivity (Wildman–Crippen MR) is 77.6 cm³/mol. The molecule has 0 aliphatic carbocycles. The van der Waals surface area contributed by atoms with Gasteiger partial charge in [0.2, 0.25) is 5.91 Å². The average molecular weight is 278 g/mol. The van der Waals surface area contributed by atoms with Gasteiger partial charge in [0.05, 0.1) is 11.1 Å². The normalized spacial score (nSPS) is 13.6. The Kier molecular flexibility index (Phi) is 5.70. The number of benzene rings is 1. The monoisotopic (exact) mass is 278 g/mol. The zero-order chi connectivity index (χ0) is 15.2. The maximum absolute atomic E-state index is 11.9. The third-order valence-corrected chi connectivity index (χ3v) is 3.22. The predicted octanol–water partition coefficient (Wildman–Crippen LogP) is 1.56. The summed E-state index contributed by atoms with van der Waals surface area (Å²) in [6.07, 6.45) is 1.92. The number of hydrogen-bond acceptors (Lipinski definition) is 3. The molecule has 1 unspecified atom stereocenters. The number of rotatable bonds is 7. The van der Waals surface area contributed by atoms with E-state index in [2.05, 4.69) is 5.32 Å². The second kappa shape index (κ2) is 7.05. The van der Waals surface area contributed by atoms with Crippen molar-refractivity contribution in [2.75, 3.05) is 6.54 Å². The highest BCUT2D eigenvalue weighted by Crippen LogP contribution is 2.10. The molecule has 5 heteroatoms. The number of carbonyl (C=O) groups excluding carboxylic acids is 1. The fourth-order valence-corrected chi connectivity index (χ4v) is 2.09. The van der Waals surface area contributed by atoms with E-state index in [4.69, 9.17) is 10.8 Å². The van der Waals surface area contributed by atoms with E-state index in [9.17, 15) is 9.59 Å². The van der Waals surface area contributed by atoms with Crippen LogP contribution in [-0.2, 0) is 11.2 Å². The Labute approximate surface area is 119 Å². The first-order chi connectivity index (χ1) is 9.38. The van der Waals surface area contributed by atoms with Gasteiger partial charge in [0, 0.05) is 6.54 Å². The molecule has 0 aliphatic heterocycles. The number of hydrogen-bond donors (Lipinski definition) is 3. The van der Waals surface area contributed by atoms with Crippen LogP contribution >= 0.6 is 0 Å². The minimum atomic E-state index is -0.957. The molecular weight excluding hydrogens is 256 g/mol. The van der Waals surface area contributed by atoms with Gasteiger partial charge >= 0.3 is 5.97 Å². The molecule has 0 aliphatic rings. The van der Waals surface area contributed by atoms with E-state index in [0.29, 0.717) is 24.9 Å². The second-order valence-corrected chi connectivity index (χ2v) is 5.14. The zero-order valence-electron chi connectivity index (χ0n) is 12.0. The number of carbonyl (C=O) groups is 2. The first-order valence-corrected chi connectivity index (χ1v) is 6.77. The maximum atomic E-state index is 11.9. The van der Waals surface area contributed by atoms with Gasteiger partial charge < -0.3 is 16.2 Å². The Morgan fingerprint density at radius 2 is 2.00 bits per heavy atom. The van der Waals surface area contributed by atoms with Crippen molar-refractivity contribution in [2.24, 2.45) is 5.73 Å².